The predicted octanol–water partition coefficient (Wildman–Crippen LogP) is 1.66. The Balaban J connectivity index is 1.85. The highest BCUT2D eigenvalue weighted by Crippen LogP contribution is 2.23. The first kappa shape index (κ1) is 16.4. The molecular weight excluding hydrogens is 308 g/mol. The number of piperidine rings is 1. The Hall–Kier alpha value is -0.950. The highest BCUT2D eigenvalue weighted by Gasteiger charge is 2.33. The van der Waals surface area contributed by atoms with E-state index in [4.69, 9.17) is 12.2 Å². The summed E-state index contributed by atoms with van der Waals surface area (Å²) in [5.74, 6) is 0.720. The standard InChI is InChI=1S/C14H20N2O3S2/c1-9-5-10(2)7-15(6-9)13(19)8-21-14(20)16-11(17)3-4-12(16)18/h9-10H,3-8H2,1-2H3. The summed E-state index contributed by atoms with van der Waals surface area (Å²) in [6.07, 6.45) is 1.58. The molecule has 0 radical (unpaired) electrons. The van der Waals surface area contributed by atoms with Gasteiger partial charge in [0.2, 0.25) is 17.7 Å². The van der Waals surface area contributed by atoms with Crippen LogP contribution in [-0.2, 0) is 14.4 Å². The zero-order valence-electron chi connectivity index (χ0n) is 12.3. The van der Waals surface area contributed by atoms with Crippen LogP contribution in [0.3, 0.4) is 0 Å². The molecular formula is C14H20N2O3S2. The van der Waals surface area contributed by atoms with Gasteiger partial charge in [0.25, 0.3) is 0 Å². The molecule has 5 nitrogen and oxygen atoms in total. The number of hydrogen-bond acceptors (Lipinski definition) is 5. The van der Waals surface area contributed by atoms with E-state index in [-0.39, 0.29) is 40.6 Å². The summed E-state index contributed by atoms with van der Waals surface area (Å²) in [6.45, 7) is 5.85. The van der Waals surface area contributed by atoms with Gasteiger partial charge in [-0.15, -0.1) is 0 Å². The van der Waals surface area contributed by atoms with Crippen molar-refractivity contribution in [3.63, 3.8) is 0 Å². The number of nitrogens with zero attached hydrogens (tertiary/aromatic N) is 2. The van der Waals surface area contributed by atoms with Crippen LogP contribution in [0.1, 0.15) is 33.1 Å². The van der Waals surface area contributed by atoms with Crippen molar-refractivity contribution in [3.8, 4) is 0 Å². The molecule has 116 valence electrons. The zero-order chi connectivity index (χ0) is 15.6. The van der Waals surface area contributed by atoms with Crippen molar-refractivity contribution in [1.82, 2.24) is 9.80 Å². The highest BCUT2D eigenvalue weighted by molar-refractivity contribution is 8.23. The Morgan fingerprint density at radius 3 is 2.24 bits per heavy atom. The second-order valence-corrected chi connectivity index (χ2v) is 7.53. The number of thioether (sulfide) groups is 1. The summed E-state index contributed by atoms with van der Waals surface area (Å²) < 4.78 is 0.203. The Bertz CT molecular complexity index is 455. The van der Waals surface area contributed by atoms with Gasteiger partial charge >= 0.3 is 0 Å². The van der Waals surface area contributed by atoms with Crippen molar-refractivity contribution in [2.75, 3.05) is 18.8 Å². The van der Waals surface area contributed by atoms with Crippen LogP contribution in [0.4, 0.5) is 0 Å². The lowest BCUT2D eigenvalue weighted by atomic mass is 9.92. The monoisotopic (exact) mass is 328 g/mol. The van der Waals surface area contributed by atoms with Crippen molar-refractivity contribution >= 4 is 46.0 Å². The molecule has 3 amide bonds. The maximum Gasteiger partial charge on any atom is 0.235 e. The third kappa shape index (κ3) is 4.03. The third-order valence-electron chi connectivity index (χ3n) is 3.77. The first-order chi connectivity index (χ1) is 9.88. The van der Waals surface area contributed by atoms with Crippen molar-refractivity contribution in [2.45, 2.75) is 33.1 Å². The lowest BCUT2D eigenvalue weighted by Gasteiger charge is -2.35. The maximum absolute atomic E-state index is 12.2. The van der Waals surface area contributed by atoms with Crippen LogP contribution >= 0.6 is 24.0 Å². The molecule has 7 heteroatoms. The summed E-state index contributed by atoms with van der Waals surface area (Å²) >= 11 is 6.22. The molecule has 2 saturated heterocycles. The number of carbonyl (C=O) groups is 3. The number of likely N-dealkylation sites (tertiary alicyclic amines) is 2. The summed E-state index contributed by atoms with van der Waals surface area (Å²) in [5.41, 5.74) is 0. The molecule has 2 atom stereocenters. The first-order valence-electron chi connectivity index (χ1n) is 7.18. The van der Waals surface area contributed by atoms with E-state index in [1.807, 2.05) is 4.90 Å². The molecule has 0 bridgehead atoms. The smallest absolute Gasteiger partial charge is 0.235 e. The molecule has 0 aromatic carbocycles. The highest BCUT2D eigenvalue weighted by atomic mass is 32.2. The SMILES string of the molecule is CC1CC(C)CN(C(=O)CSC(=S)N2C(=O)CCC2=O)C1. The number of thiocarbonyl (C=S) groups is 1. The lowest BCUT2D eigenvalue weighted by molar-refractivity contribution is -0.133. The number of rotatable bonds is 2. The van der Waals surface area contributed by atoms with E-state index in [1.54, 1.807) is 0 Å². The van der Waals surface area contributed by atoms with Crippen LogP contribution in [0.25, 0.3) is 0 Å². The number of imide groups is 1. The predicted molar refractivity (Wildman–Crippen MR) is 85.7 cm³/mol. The molecule has 0 saturated carbocycles. The average Bonchev–Trinajstić information content (AvgIpc) is 2.74. The van der Waals surface area contributed by atoms with E-state index in [2.05, 4.69) is 13.8 Å². The van der Waals surface area contributed by atoms with E-state index in [1.165, 1.54) is 0 Å². The van der Waals surface area contributed by atoms with E-state index in [9.17, 15) is 14.4 Å². The van der Waals surface area contributed by atoms with Gasteiger partial charge in [-0.25, -0.2) is 4.90 Å². The van der Waals surface area contributed by atoms with Crippen LogP contribution in [0.2, 0.25) is 0 Å². The van der Waals surface area contributed by atoms with Crippen molar-refractivity contribution < 1.29 is 14.4 Å². The van der Waals surface area contributed by atoms with Crippen LogP contribution in [-0.4, -0.2) is 50.7 Å². The molecule has 0 aliphatic carbocycles. The fourth-order valence-corrected chi connectivity index (χ4v) is 4.07. The average molecular weight is 328 g/mol. The molecule has 2 unspecified atom stereocenters. The van der Waals surface area contributed by atoms with Gasteiger partial charge in [-0.05, 0) is 18.3 Å². The summed E-state index contributed by atoms with van der Waals surface area (Å²) in [4.78, 5) is 38.3. The largest absolute Gasteiger partial charge is 0.341 e. The Kier molecular flexibility index (Phi) is 5.37. The van der Waals surface area contributed by atoms with Crippen LogP contribution in [0.5, 0.6) is 0 Å². The fourth-order valence-electron chi connectivity index (χ4n) is 2.93. The van der Waals surface area contributed by atoms with Gasteiger partial charge in [-0.2, -0.15) is 0 Å². The van der Waals surface area contributed by atoms with Gasteiger partial charge in [0.15, 0.2) is 0 Å². The van der Waals surface area contributed by atoms with Gasteiger partial charge in [0, 0.05) is 25.9 Å². The normalized spacial score (nSPS) is 26.4. The Morgan fingerprint density at radius 2 is 1.71 bits per heavy atom. The molecule has 0 aromatic rings. The van der Waals surface area contributed by atoms with Gasteiger partial charge in [0.1, 0.15) is 4.32 Å². The molecule has 0 aromatic heterocycles. The van der Waals surface area contributed by atoms with Gasteiger partial charge in [-0.1, -0.05) is 37.8 Å². The maximum atomic E-state index is 12.2. The Labute approximate surface area is 134 Å². The van der Waals surface area contributed by atoms with E-state index < -0.39 is 0 Å². The van der Waals surface area contributed by atoms with Gasteiger partial charge < -0.3 is 4.90 Å². The number of hydrogen-bond donors (Lipinski definition) is 0. The van der Waals surface area contributed by atoms with Crippen molar-refractivity contribution in [2.24, 2.45) is 11.8 Å². The second kappa shape index (κ2) is 6.87. The molecule has 2 heterocycles. The van der Waals surface area contributed by atoms with Crippen LogP contribution in [0, 0.1) is 11.8 Å². The van der Waals surface area contributed by atoms with E-state index >= 15 is 0 Å². The fraction of sp³-hybridized carbons (Fsp3) is 0.714. The number of carbonyl (C=O) groups excluding carboxylic acids is 3. The minimum atomic E-state index is -0.259. The topological polar surface area (TPSA) is 57.7 Å². The van der Waals surface area contributed by atoms with Crippen molar-refractivity contribution in [1.29, 1.82) is 0 Å². The molecule has 2 aliphatic rings. The van der Waals surface area contributed by atoms with Crippen LogP contribution < -0.4 is 0 Å². The van der Waals surface area contributed by atoms with E-state index in [0.717, 1.165) is 36.2 Å². The molecule has 0 N–H and O–H groups in total. The summed E-state index contributed by atoms with van der Waals surface area (Å²) in [7, 11) is 0. The molecule has 2 aliphatic heterocycles. The minimum Gasteiger partial charge on any atom is -0.341 e. The van der Waals surface area contributed by atoms with Gasteiger partial charge in [-0.3, -0.25) is 14.4 Å². The van der Waals surface area contributed by atoms with E-state index in [0.29, 0.717) is 11.8 Å². The lowest BCUT2D eigenvalue weighted by Crippen LogP contribution is -2.43. The summed E-state index contributed by atoms with van der Waals surface area (Å²) in [6, 6.07) is 0. The quantitative estimate of drug-likeness (QED) is 0.570. The zero-order valence-corrected chi connectivity index (χ0v) is 14.0. The number of amides is 3. The molecule has 21 heavy (non-hydrogen) atoms. The second-order valence-electron chi connectivity index (χ2n) is 5.92. The third-order valence-corrected chi connectivity index (χ3v) is 5.13. The minimum absolute atomic E-state index is 0.0276. The summed E-state index contributed by atoms with van der Waals surface area (Å²) in [5, 5.41) is 0. The Morgan fingerprint density at radius 1 is 1.19 bits per heavy atom. The molecule has 2 rings (SSSR count). The van der Waals surface area contributed by atoms with Crippen LogP contribution in [0.15, 0.2) is 0 Å². The van der Waals surface area contributed by atoms with Crippen molar-refractivity contribution in [3.05, 3.63) is 0 Å². The molecule has 2 fully saturated rings. The molecule has 0 spiro atoms. The first-order valence-corrected chi connectivity index (χ1v) is 8.58. The van der Waals surface area contributed by atoms with Gasteiger partial charge in [0.05, 0.1) is 5.75 Å².